The van der Waals surface area contributed by atoms with E-state index in [0.717, 1.165) is 22.8 Å². The number of nitrogens with one attached hydrogen (secondary N) is 1. The number of rotatable bonds is 9. The maximum Gasteiger partial charge on any atom is 0.420 e. The maximum absolute atomic E-state index is 13.6. The normalized spacial score (nSPS) is 12.1. The van der Waals surface area contributed by atoms with Crippen molar-refractivity contribution in [2.24, 2.45) is 5.73 Å². The van der Waals surface area contributed by atoms with Crippen LogP contribution < -0.4 is 15.8 Å². The summed E-state index contributed by atoms with van der Waals surface area (Å²) in [5, 5.41) is 2.07. The van der Waals surface area contributed by atoms with Crippen molar-refractivity contribution < 1.29 is 27.5 Å². The highest BCUT2D eigenvalue weighted by Crippen LogP contribution is 2.41. The molecule has 0 spiro atoms. The molecule has 0 fully saturated rings. The molecule has 0 unspecified atom stereocenters. The predicted octanol–water partition coefficient (Wildman–Crippen LogP) is 5.50. The fourth-order valence-corrected chi connectivity index (χ4v) is 3.40. The molecule has 0 saturated carbocycles. The molecular formula is C25H22ClF3N2O3. The molecule has 0 aliphatic rings. The summed E-state index contributed by atoms with van der Waals surface area (Å²) in [6, 6.07) is 18.0. The maximum atomic E-state index is 13.6. The third kappa shape index (κ3) is 6.59. The van der Waals surface area contributed by atoms with Gasteiger partial charge in [-0.3, -0.25) is 4.79 Å². The Hall–Kier alpha value is -3.36. The van der Waals surface area contributed by atoms with Crippen LogP contribution in [0.15, 0.2) is 66.7 Å². The van der Waals surface area contributed by atoms with Crippen LogP contribution in [0, 0.1) is 0 Å². The summed E-state index contributed by atoms with van der Waals surface area (Å²) in [6.07, 6.45) is -4.20. The lowest BCUT2D eigenvalue weighted by Crippen LogP contribution is -2.36. The minimum Gasteiger partial charge on any atom is -0.493 e. The van der Waals surface area contributed by atoms with Crippen LogP contribution in [0.3, 0.4) is 0 Å². The van der Waals surface area contributed by atoms with Gasteiger partial charge in [0.15, 0.2) is 0 Å². The number of halogens is 4. The number of carbonyl (C=O) groups excluding carboxylic acids is 2. The Kier molecular flexibility index (Phi) is 8.31. The second-order valence-electron chi connectivity index (χ2n) is 7.49. The van der Waals surface area contributed by atoms with Crippen molar-refractivity contribution in [1.29, 1.82) is 0 Å². The van der Waals surface area contributed by atoms with Gasteiger partial charge in [-0.15, -0.1) is 0 Å². The molecule has 5 nitrogen and oxygen atoms in total. The van der Waals surface area contributed by atoms with Crippen LogP contribution in [-0.2, 0) is 22.2 Å². The average molecular weight is 491 g/mol. The molecule has 1 atom stereocenters. The first-order valence-electron chi connectivity index (χ1n) is 10.4. The topological polar surface area (TPSA) is 81.4 Å². The monoisotopic (exact) mass is 490 g/mol. The summed E-state index contributed by atoms with van der Waals surface area (Å²) >= 11 is 6.08. The number of hydrogen-bond donors (Lipinski definition) is 2. The third-order valence-electron chi connectivity index (χ3n) is 5.03. The van der Waals surface area contributed by atoms with Crippen molar-refractivity contribution >= 4 is 29.5 Å². The summed E-state index contributed by atoms with van der Waals surface area (Å²) in [5.41, 5.74) is 7.14. The van der Waals surface area contributed by atoms with E-state index in [9.17, 15) is 22.8 Å². The first-order valence-corrected chi connectivity index (χ1v) is 10.7. The molecule has 3 aromatic rings. The molecule has 3 aromatic carbocycles. The molecule has 0 bridgehead atoms. The van der Waals surface area contributed by atoms with Gasteiger partial charge in [0.25, 0.3) is 0 Å². The Morgan fingerprint density at radius 1 is 1.06 bits per heavy atom. The average Bonchev–Trinajstić information content (AvgIpc) is 2.81. The largest absolute Gasteiger partial charge is 0.493 e. The number of benzene rings is 3. The van der Waals surface area contributed by atoms with Crippen LogP contribution in [-0.4, -0.2) is 24.8 Å². The Balaban J connectivity index is 1.70. The second kappa shape index (κ2) is 11.2. The molecule has 3 rings (SSSR count). The van der Waals surface area contributed by atoms with Crippen molar-refractivity contribution in [3.05, 3.63) is 82.9 Å². The Morgan fingerprint density at radius 2 is 1.71 bits per heavy atom. The number of aldehydes is 1. The van der Waals surface area contributed by atoms with Crippen LogP contribution in [0.1, 0.15) is 17.5 Å². The zero-order valence-electron chi connectivity index (χ0n) is 17.9. The van der Waals surface area contributed by atoms with E-state index in [4.69, 9.17) is 22.1 Å². The number of hydrogen-bond acceptors (Lipinski definition) is 4. The first kappa shape index (κ1) is 25.3. The molecule has 0 heterocycles. The molecular weight excluding hydrogens is 469 g/mol. The lowest BCUT2D eigenvalue weighted by Gasteiger charge is -2.18. The fraction of sp³-hybridized carbons (Fsp3) is 0.200. The zero-order chi connectivity index (χ0) is 24.7. The highest BCUT2D eigenvalue weighted by atomic mass is 35.5. The van der Waals surface area contributed by atoms with Crippen LogP contribution >= 0.6 is 11.6 Å². The molecule has 0 radical (unpaired) electrons. The molecule has 9 heteroatoms. The van der Waals surface area contributed by atoms with E-state index in [-0.39, 0.29) is 23.7 Å². The Bertz CT molecular complexity index is 1140. The minimum absolute atomic E-state index is 0.0139. The van der Waals surface area contributed by atoms with Gasteiger partial charge in [-0.25, -0.2) is 0 Å². The van der Waals surface area contributed by atoms with E-state index in [1.165, 1.54) is 0 Å². The number of alkyl halides is 3. The third-order valence-corrected chi connectivity index (χ3v) is 5.34. The Morgan fingerprint density at radius 3 is 2.32 bits per heavy atom. The number of anilines is 1. The van der Waals surface area contributed by atoms with E-state index in [2.05, 4.69) is 5.32 Å². The van der Waals surface area contributed by atoms with Gasteiger partial charge in [0.05, 0.1) is 28.9 Å². The zero-order valence-corrected chi connectivity index (χ0v) is 18.7. The second-order valence-corrected chi connectivity index (χ2v) is 7.89. The number of nitrogens with two attached hydrogens (primary N) is 1. The highest BCUT2D eigenvalue weighted by molar-refractivity contribution is 6.34. The standard InChI is InChI=1S/C25H22ClF3N2O3/c26-20-15-23(19(25(27,28)29)14-22(20)31-24(33)21(30)10-12-32)34-13-11-16-6-8-18(9-7-16)17-4-2-1-3-5-17/h1-9,12,14-15,21H,10-11,13,30H2,(H,31,33)/t21-/m0/s1. The molecule has 0 saturated heterocycles. The van der Waals surface area contributed by atoms with Gasteiger partial charge in [0.2, 0.25) is 5.91 Å². The van der Waals surface area contributed by atoms with E-state index >= 15 is 0 Å². The summed E-state index contributed by atoms with van der Waals surface area (Å²) in [6.45, 7) is -0.0139. The van der Waals surface area contributed by atoms with Gasteiger partial charge >= 0.3 is 6.18 Å². The van der Waals surface area contributed by atoms with Crippen LogP contribution in [0.2, 0.25) is 5.02 Å². The smallest absolute Gasteiger partial charge is 0.420 e. The van der Waals surface area contributed by atoms with Crippen molar-refractivity contribution in [2.75, 3.05) is 11.9 Å². The van der Waals surface area contributed by atoms with Crippen molar-refractivity contribution in [3.8, 4) is 16.9 Å². The lowest BCUT2D eigenvalue weighted by atomic mass is 10.0. The molecule has 0 aliphatic heterocycles. The molecule has 0 aliphatic carbocycles. The van der Waals surface area contributed by atoms with Gasteiger partial charge < -0.3 is 20.6 Å². The summed E-state index contributed by atoms with van der Waals surface area (Å²) in [4.78, 5) is 22.5. The summed E-state index contributed by atoms with van der Waals surface area (Å²) in [5.74, 6) is -1.27. The van der Waals surface area contributed by atoms with Crippen LogP contribution in [0.25, 0.3) is 11.1 Å². The quantitative estimate of drug-likeness (QED) is 0.388. The number of carbonyl (C=O) groups is 2. The van der Waals surface area contributed by atoms with Crippen molar-refractivity contribution in [2.45, 2.75) is 25.1 Å². The predicted molar refractivity (Wildman–Crippen MR) is 125 cm³/mol. The fourth-order valence-electron chi connectivity index (χ4n) is 3.20. The van der Waals surface area contributed by atoms with E-state index < -0.39 is 29.4 Å². The number of amides is 1. The number of ether oxygens (including phenoxy) is 1. The van der Waals surface area contributed by atoms with Crippen molar-refractivity contribution in [1.82, 2.24) is 0 Å². The van der Waals surface area contributed by atoms with Crippen LogP contribution in [0.4, 0.5) is 18.9 Å². The van der Waals surface area contributed by atoms with Gasteiger partial charge in [-0.1, -0.05) is 66.2 Å². The van der Waals surface area contributed by atoms with Gasteiger partial charge in [0.1, 0.15) is 12.0 Å². The lowest BCUT2D eigenvalue weighted by molar-refractivity contribution is -0.139. The molecule has 178 valence electrons. The SMILES string of the molecule is N[C@@H](CC=O)C(=O)Nc1cc(C(F)(F)F)c(OCCc2ccc(-c3ccccc3)cc2)cc1Cl. The van der Waals surface area contributed by atoms with Crippen molar-refractivity contribution in [3.63, 3.8) is 0 Å². The van der Waals surface area contributed by atoms with Gasteiger partial charge in [-0.2, -0.15) is 13.2 Å². The van der Waals surface area contributed by atoms with E-state index in [1.807, 2.05) is 54.6 Å². The molecule has 1 amide bonds. The molecule has 0 aromatic heterocycles. The minimum atomic E-state index is -4.75. The summed E-state index contributed by atoms with van der Waals surface area (Å²) < 4.78 is 46.3. The van der Waals surface area contributed by atoms with Crippen LogP contribution in [0.5, 0.6) is 5.75 Å². The summed E-state index contributed by atoms with van der Waals surface area (Å²) in [7, 11) is 0. The molecule has 3 N–H and O–H groups in total. The first-order chi connectivity index (χ1) is 16.2. The Labute approximate surface area is 199 Å². The molecule has 34 heavy (non-hydrogen) atoms. The highest BCUT2D eigenvalue weighted by Gasteiger charge is 2.35. The van der Waals surface area contributed by atoms with Gasteiger partial charge in [-0.05, 0) is 22.8 Å². The van der Waals surface area contributed by atoms with Gasteiger partial charge in [0, 0.05) is 18.9 Å². The van der Waals surface area contributed by atoms with E-state index in [0.29, 0.717) is 18.8 Å². The van der Waals surface area contributed by atoms with E-state index in [1.54, 1.807) is 0 Å².